The lowest BCUT2D eigenvalue weighted by molar-refractivity contribution is -0.0601. The van der Waals surface area contributed by atoms with Gasteiger partial charge in [0.25, 0.3) is 5.56 Å². The molecule has 1 fully saturated rings. The van der Waals surface area contributed by atoms with Crippen LogP contribution in [0.4, 0.5) is 0 Å². The molecule has 2 heterocycles. The number of aromatic nitrogens is 2. The van der Waals surface area contributed by atoms with E-state index in [1.54, 1.807) is 7.11 Å². The lowest BCUT2D eigenvalue weighted by atomic mass is 10.1. The second-order valence-corrected chi connectivity index (χ2v) is 9.24. The number of H-pyrrole nitrogens is 1. The Morgan fingerprint density at radius 1 is 1.38 bits per heavy atom. The van der Waals surface area contributed by atoms with Crippen molar-refractivity contribution in [1.29, 1.82) is 0 Å². The molecule has 2 rings (SSSR count). The normalized spacial score (nSPS) is 26.4. The summed E-state index contributed by atoms with van der Waals surface area (Å²) < 4.78 is 29.2. The van der Waals surface area contributed by atoms with Gasteiger partial charge in [0.05, 0.1) is 12.6 Å². The van der Waals surface area contributed by atoms with Crippen molar-refractivity contribution < 1.29 is 15.4 Å². The lowest BCUT2D eigenvalue weighted by Gasteiger charge is -2.35. The quantitative estimate of drug-likeness (QED) is 0.541. The zero-order valence-electron chi connectivity index (χ0n) is 19.1. The minimum Gasteiger partial charge on any atom is -0.375 e. The van der Waals surface area contributed by atoms with Gasteiger partial charge in [-0.05, 0) is 40.9 Å². The summed E-state index contributed by atoms with van der Waals surface area (Å²) in [5, 5.41) is 3.30. The topological polar surface area (TPSA) is 97.8 Å². The first-order valence-electron chi connectivity index (χ1n) is 10.6. The molecule has 5 atom stereocenters. The lowest BCUT2D eigenvalue weighted by Crippen LogP contribution is -2.47. The van der Waals surface area contributed by atoms with Crippen LogP contribution < -0.4 is 16.6 Å². The third-order valence-electron chi connectivity index (χ3n) is 4.94. The molecule has 0 aromatic carbocycles. The number of methoxy groups -OCH3 is 1. The van der Waals surface area contributed by atoms with Crippen molar-refractivity contribution in [2.75, 3.05) is 26.9 Å². The largest absolute Gasteiger partial charge is 0.375 e. The Kier molecular flexibility index (Phi) is 8.41. The molecule has 0 bridgehead atoms. The number of rotatable bonds is 10. The third-order valence-corrected chi connectivity index (χ3v) is 7.03. The Hall–Kier alpha value is -1.09. The molecule has 0 radical (unpaired) electrons. The number of hydrogen-bond acceptors (Lipinski definition) is 7. The monoisotopic (exact) mass is 432 g/mol. The molecular weight excluding hydrogens is 395 g/mol. The number of likely N-dealkylation sites (N-methyl/N-ethyl adjacent to an activating group) is 1. The van der Waals surface area contributed by atoms with Gasteiger partial charge in [0.2, 0.25) is 0 Å². The van der Waals surface area contributed by atoms with Crippen LogP contribution in [0.15, 0.2) is 21.9 Å². The van der Waals surface area contributed by atoms with Gasteiger partial charge in [-0.2, -0.15) is 0 Å². The molecule has 0 spiro atoms. The van der Waals surface area contributed by atoms with E-state index in [4.69, 9.17) is 15.4 Å². The van der Waals surface area contributed by atoms with Crippen LogP contribution in [-0.4, -0.2) is 71.5 Å². The first kappa shape index (κ1) is 22.6. The van der Waals surface area contributed by atoms with Gasteiger partial charge in [-0.3, -0.25) is 19.0 Å². The predicted octanol–water partition coefficient (Wildman–Crippen LogP) is 1.50. The maximum Gasteiger partial charge on any atom is 0.330 e. The average Bonchev–Trinajstić information content (AvgIpc) is 3.01. The van der Waals surface area contributed by atoms with Gasteiger partial charge in [0, 0.05) is 32.8 Å². The summed E-state index contributed by atoms with van der Waals surface area (Å²) in [5.41, 5.74) is -1.02. The highest BCUT2D eigenvalue weighted by Gasteiger charge is 2.46. The van der Waals surface area contributed by atoms with Gasteiger partial charge in [0.1, 0.15) is 20.5 Å². The van der Waals surface area contributed by atoms with Crippen LogP contribution in [0.3, 0.4) is 0 Å². The number of nitrogens with one attached hydrogen (secondary N) is 2. The van der Waals surface area contributed by atoms with Crippen molar-refractivity contribution in [3.05, 3.63) is 33.1 Å². The minimum absolute atomic E-state index is 0.207. The molecule has 2 unspecified atom stereocenters. The maximum absolute atomic E-state index is 12.3. The van der Waals surface area contributed by atoms with Crippen LogP contribution in [0.1, 0.15) is 42.2 Å². The molecule has 2 N–H and O–H groups in total. The highest BCUT2D eigenvalue weighted by molar-refractivity contribution is 7.49. The second kappa shape index (κ2) is 10.8. The van der Waals surface area contributed by atoms with Crippen molar-refractivity contribution in [1.82, 2.24) is 19.5 Å². The Balaban J connectivity index is 2.21. The first-order chi connectivity index (χ1) is 14.2. The maximum atomic E-state index is 12.3. The van der Waals surface area contributed by atoms with Crippen molar-refractivity contribution in [2.24, 2.45) is 0 Å². The van der Waals surface area contributed by atoms with Crippen molar-refractivity contribution in [2.45, 2.75) is 71.2 Å². The fraction of sp³-hybridized carbons (Fsp3) is 0.789. The summed E-state index contributed by atoms with van der Waals surface area (Å²) in [6, 6.07) is 1.71. The van der Waals surface area contributed by atoms with E-state index in [9.17, 15) is 9.59 Å². The molecule has 1 saturated heterocycles. The van der Waals surface area contributed by atoms with E-state index in [-0.39, 0.29) is 19.0 Å². The van der Waals surface area contributed by atoms with Gasteiger partial charge in [-0.25, -0.2) is 4.79 Å². The molecule has 10 heteroatoms. The summed E-state index contributed by atoms with van der Waals surface area (Å²) in [6.45, 7) is 11.6. The Morgan fingerprint density at radius 2 is 2.07 bits per heavy atom. The van der Waals surface area contributed by atoms with Crippen LogP contribution in [0, 0.1) is 0 Å². The van der Waals surface area contributed by atoms with E-state index >= 15 is 0 Å². The number of ether oxygens (including phenoxy) is 2. The summed E-state index contributed by atoms with van der Waals surface area (Å²) in [4.78, 5) is 26.0. The molecule has 29 heavy (non-hydrogen) atoms. The van der Waals surface area contributed by atoms with Gasteiger partial charge in [-0.1, -0.05) is 6.90 Å². The van der Waals surface area contributed by atoms with E-state index in [0.717, 1.165) is 0 Å². The summed E-state index contributed by atoms with van der Waals surface area (Å²) in [5.74, 6) is 0. The molecule has 0 amide bonds. The Morgan fingerprint density at radius 3 is 2.62 bits per heavy atom. The SMILES string of the molecule is [3H]CCN[C@@H]1C(OC)[C@H](n2ccc(=O)[nH]c2=O)O[C@@H]1COP(C)N(C(C)C)C(C)C. The highest BCUT2D eigenvalue weighted by atomic mass is 31.2. The first-order valence-corrected chi connectivity index (χ1v) is 11.5. The van der Waals surface area contributed by atoms with E-state index in [1.165, 1.54) is 16.8 Å². The highest BCUT2D eigenvalue weighted by Crippen LogP contribution is 2.42. The van der Waals surface area contributed by atoms with E-state index in [2.05, 4.69) is 49.3 Å². The number of hydrogen-bond donors (Lipinski definition) is 2. The molecule has 1 aromatic rings. The van der Waals surface area contributed by atoms with Gasteiger partial charge in [0.15, 0.2) is 6.23 Å². The van der Waals surface area contributed by atoms with Crippen LogP contribution >= 0.6 is 8.30 Å². The fourth-order valence-corrected chi connectivity index (χ4v) is 5.69. The summed E-state index contributed by atoms with van der Waals surface area (Å²) >= 11 is 0. The molecule has 166 valence electrons. The molecular formula is C19H35N4O5P. The summed E-state index contributed by atoms with van der Waals surface area (Å²) in [6.07, 6.45) is -0.167. The van der Waals surface area contributed by atoms with Gasteiger partial charge < -0.3 is 19.3 Å². The smallest absolute Gasteiger partial charge is 0.330 e. The zero-order valence-corrected chi connectivity index (χ0v) is 19.0. The molecule has 9 nitrogen and oxygen atoms in total. The van der Waals surface area contributed by atoms with Crippen LogP contribution in [-0.2, 0) is 14.0 Å². The number of nitrogens with zero attached hydrogens (tertiary/aromatic N) is 2. The predicted molar refractivity (Wildman–Crippen MR) is 114 cm³/mol. The summed E-state index contributed by atoms with van der Waals surface area (Å²) in [7, 11) is 0.721. The van der Waals surface area contributed by atoms with Gasteiger partial charge >= 0.3 is 5.69 Å². The van der Waals surface area contributed by atoms with E-state index < -0.39 is 31.9 Å². The van der Waals surface area contributed by atoms with Gasteiger partial charge in [-0.15, -0.1) is 0 Å². The Labute approximate surface area is 175 Å². The van der Waals surface area contributed by atoms with Crippen LogP contribution in [0.2, 0.25) is 0 Å². The fourth-order valence-electron chi connectivity index (χ4n) is 3.90. The van der Waals surface area contributed by atoms with Crippen molar-refractivity contribution in [3.8, 4) is 0 Å². The van der Waals surface area contributed by atoms with Crippen molar-refractivity contribution in [3.63, 3.8) is 0 Å². The molecule has 1 aliphatic rings. The molecule has 0 saturated carbocycles. The van der Waals surface area contributed by atoms with Crippen molar-refractivity contribution >= 4 is 8.30 Å². The molecule has 0 aliphatic carbocycles. The standard InChI is InChI=1S/C19H35N4O5P/c1-8-20-16-14(11-27-29(7)23(12(2)3)13(4)5)28-18(17(16)26-6)22-10-9-15(24)21-19(22)25/h9-10,12-14,16-18,20H,8,11H2,1-7H3,(H,21,24,25)/t14-,16+,17?,18-,29?/m1/s1/i1T. The van der Waals surface area contributed by atoms with Crippen LogP contribution in [0.5, 0.6) is 0 Å². The van der Waals surface area contributed by atoms with E-state index in [1.807, 2.05) is 0 Å². The van der Waals surface area contributed by atoms with E-state index in [0.29, 0.717) is 25.2 Å². The Bertz CT molecular complexity index is 766. The number of aromatic amines is 1. The molecule has 1 aromatic heterocycles. The zero-order chi connectivity index (χ0) is 22.4. The third kappa shape index (κ3) is 5.75. The minimum atomic E-state index is -0.837. The average molecular weight is 432 g/mol. The van der Waals surface area contributed by atoms with Crippen LogP contribution in [0.25, 0.3) is 0 Å². The molecule has 1 aliphatic heterocycles. The second-order valence-electron chi connectivity index (χ2n) is 7.59.